The van der Waals surface area contributed by atoms with E-state index in [1.54, 1.807) is 13.0 Å². The Morgan fingerprint density at radius 3 is 2.46 bits per heavy atom. The first-order valence-corrected chi connectivity index (χ1v) is 4.28. The third-order valence-electron chi connectivity index (χ3n) is 1.88. The summed E-state index contributed by atoms with van der Waals surface area (Å²) in [5.41, 5.74) is 0. The highest BCUT2D eigenvalue weighted by atomic mass is 16.4. The molecular formula is C11H16O2. The highest BCUT2D eigenvalue weighted by Crippen LogP contribution is 2.14. The Bertz CT molecular complexity index is 226. The van der Waals surface area contributed by atoms with Crippen LogP contribution in [0.3, 0.4) is 0 Å². The predicted molar refractivity (Wildman–Crippen MR) is 54.4 cm³/mol. The molecule has 72 valence electrons. The van der Waals surface area contributed by atoms with Crippen molar-refractivity contribution in [3.63, 3.8) is 0 Å². The summed E-state index contributed by atoms with van der Waals surface area (Å²) in [7, 11) is 0. The van der Waals surface area contributed by atoms with E-state index < -0.39 is 11.9 Å². The fraction of sp³-hybridized carbons (Fsp3) is 0.364. The number of carboxylic acid groups (broad SMARTS) is 1. The van der Waals surface area contributed by atoms with Crippen LogP contribution in [0.4, 0.5) is 0 Å². The van der Waals surface area contributed by atoms with E-state index in [9.17, 15) is 4.79 Å². The summed E-state index contributed by atoms with van der Waals surface area (Å²) in [4.78, 5) is 10.6. The highest BCUT2D eigenvalue weighted by molar-refractivity contribution is 5.70. The van der Waals surface area contributed by atoms with Crippen molar-refractivity contribution < 1.29 is 9.90 Å². The van der Waals surface area contributed by atoms with Gasteiger partial charge in [0.1, 0.15) is 0 Å². The predicted octanol–water partition coefficient (Wildman–Crippen LogP) is 2.64. The summed E-state index contributed by atoms with van der Waals surface area (Å²) in [6.45, 7) is 7.19. The van der Waals surface area contributed by atoms with Crippen molar-refractivity contribution in [3.8, 4) is 0 Å². The molecule has 2 atom stereocenters. The van der Waals surface area contributed by atoms with E-state index in [4.69, 9.17) is 5.11 Å². The first-order valence-electron chi connectivity index (χ1n) is 4.28. The molecule has 0 unspecified atom stereocenters. The first-order chi connectivity index (χ1) is 6.13. The normalized spacial score (nSPS) is 16.2. The Labute approximate surface area is 79.3 Å². The van der Waals surface area contributed by atoms with Crippen LogP contribution in [0.15, 0.2) is 37.0 Å². The molecule has 0 aliphatic rings. The van der Waals surface area contributed by atoms with Crippen molar-refractivity contribution in [2.45, 2.75) is 13.8 Å². The maximum absolute atomic E-state index is 10.6. The molecular weight excluding hydrogens is 164 g/mol. The molecule has 1 N–H and O–H groups in total. The van der Waals surface area contributed by atoms with Gasteiger partial charge < -0.3 is 5.11 Å². The summed E-state index contributed by atoms with van der Waals surface area (Å²) in [5, 5.41) is 8.74. The van der Waals surface area contributed by atoms with E-state index in [-0.39, 0.29) is 5.92 Å². The number of hydrogen-bond donors (Lipinski definition) is 1. The van der Waals surface area contributed by atoms with E-state index in [1.807, 2.05) is 31.2 Å². The number of carbonyl (C=O) groups is 1. The van der Waals surface area contributed by atoms with E-state index in [0.717, 1.165) is 0 Å². The Morgan fingerprint density at radius 1 is 1.46 bits per heavy atom. The van der Waals surface area contributed by atoms with Crippen LogP contribution in [0.5, 0.6) is 0 Å². The Kier molecular flexibility index (Phi) is 5.60. The van der Waals surface area contributed by atoms with Gasteiger partial charge in [-0.15, -0.1) is 6.58 Å². The molecule has 0 spiro atoms. The molecule has 0 aromatic rings. The van der Waals surface area contributed by atoms with Crippen molar-refractivity contribution in [2.75, 3.05) is 0 Å². The van der Waals surface area contributed by atoms with Gasteiger partial charge >= 0.3 is 5.97 Å². The lowest BCUT2D eigenvalue weighted by Crippen LogP contribution is -2.17. The number of aliphatic carboxylic acids is 1. The van der Waals surface area contributed by atoms with Crippen LogP contribution < -0.4 is 0 Å². The van der Waals surface area contributed by atoms with Crippen molar-refractivity contribution in [1.82, 2.24) is 0 Å². The molecule has 0 aliphatic carbocycles. The van der Waals surface area contributed by atoms with Crippen LogP contribution >= 0.6 is 0 Å². The summed E-state index contributed by atoms with van der Waals surface area (Å²) in [5.74, 6) is -1.32. The third kappa shape index (κ3) is 4.31. The van der Waals surface area contributed by atoms with Crippen molar-refractivity contribution in [3.05, 3.63) is 37.0 Å². The van der Waals surface area contributed by atoms with Gasteiger partial charge in [0, 0.05) is 5.92 Å². The molecule has 13 heavy (non-hydrogen) atoms. The highest BCUT2D eigenvalue weighted by Gasteiger charge is 2.17. The van der Waals surface area contributed by atoms with Gasteiger partial charge in [0.05, 0.1) is 5.92 Å². The Morgan fingerprint density at radius 2 is 2.08 bits per heavy atom. The van der Waals surface area contributed by atoms with Gasteiger partial charge in [0.25, 0.3) is 0 Å². The molecule has 0 radical (unpaired) electrons. The van der Waals surface area contributed by atoms with E-state index >= 15 is 0 Å². The molecule has 0 heterocycles. The smallest absolute Gasteiger partial charge is 0.307 e. The average Bonchev–Trinajstić information content (AvgIpc) is 2.11. The van der Waals surface area contributed by atoms with Crippen LogP contribution in [-0.4, -0.2) is 11.1 Å². The van der Waals surface area contributed by atoms with Crippen LogP contribution in [-0.2, 0) is 4.79 Å². The molecule has 0 fully saturated rings. The van der Waals surface area contributed by atoms with E-state index in [2.05, 4.69) is 6.58 Å². The van der Waals surface area contributed by atoms with E-state index in [1.165, 1.54) is 0 Å². The minimum absolute atomic E-state index is 0.103. The van der Waals surface area contributed by atoms with Gasteiger partial charge in [-0.05, 0) is 6.92 Å². The largest absolute Gasteiger partial charge is 0.481 e. The van der Waals surface area contributed by atoms with Crippen molar-refractivity contribution >= 4 is 5.97 Å². The summed E-state index contributed by atoms with van der Waals surface area (Å²) >= 11 is 0. The number of carboxylic acids is 1. The molecule has 2 nitrogen and oxygen atoms in total. The topological polar surface area (TPSA) is 37.3 Å². The lowest BCUT2D eigenvalue weighted by atomic mass is 9.94. The zero-order valence-corrected chi connectivity index (χ0v) is 8.10. The van der Waals surface area contributed by atoms with Gasteiger partial charge in [-0.25, -0.2) is 0 Å². The number of hydrogen-bond acceptors (Lipinski definition) is 1. The molecule has 0 aliphatic heterocycles. The summed E-state index contributed by atoms with van der Waals surface area (Å²) in [6.07, 6.45) is 9.09. The average molecular weight is 180 g/mol. The molecule has 0 amide bonds. The second-order valence-electron chi connectivity index (χ2n) is 2.85. The molecule has 0 saturated carbocycles. The molecule has 0 saturated heterocycles. The van der Waals surface area contributed by atoms with Gasteiger partial charge in [-0.1, -0.05) is 37.3 Å². The molecule has 0 bridgehead atoms. The molecule has 2 heteroatoms. The molecule has 0 aromatic heterocycles. The lowest BCUT2D eigenvalue weighted by Gasteiger charge is -2.11. The zero-order chi connectivity index (χ0) is 10.3. The summed E-state index contributed by atoms with van der Waals surface area (Å²) < 4.78 is 0. The van der Waals surface area contributed by atoms with Gasteiger partial charge in [-0.3, -0.25) is 4.79 Å². The monoisotopic (exact) mass is 180 g/mol. The second-order valence-corrected chi connectivity index (χ2v) is 2.85. The Balaban J connectivity index is 4.33. The quantitative estimate of drug-likeness (QED) is 0.521. The summed E-state index contributed by atoms with van der Waals surface area (Å²) in [6, 6.07) is 0. The fourth-order valence-electron chi connectivity index (χ4n) is 0.918. The number of allylic oxidation sites excluding steroid dienone is 5. The van der Waals surface area contributed by atoms with Crippen LogP contribution in [0, 0.1) is 11.8 Å². The van der Waals surface area contributed by atoms with Crippen LogP contribution in [0.25, 0.3) is 0 Å². The fourth-order valence-corrected chi connectivity index (χ4v) is 0.918. The minimum atomic E-state index is -0.796. The third-order valence-corrected chi connectivity index (χ3v) is 1.88. The first kappa shape index (κ1) is 11.7. The van der Waals surface area contributed by atoms with Gasteiger partial charge in [-0.2, -0.15) is 0 Å². The SMILES string of the molecule is C=C[C@@H](/C=C/C=C/C)[C@H](C)C(=O)O. The van der Waals surface area contributed by atoms with E-state index in [0.29, 0.717) is 0 Å². The molecule has 0 aromatic carbocycles. The maximum atomic E-state index is 10.6. The Hall–Kier alpha value is -1.31. The second kappa shape index (κ2) is 6.23. The number of rotatable bonds is 5. The van der Waals surface area contributed by atoms with Crippen LogP contribution in [0.1, 0.15) is 13.8 Å². The van der Waals surface area contributed by atoms with Gasteiger partial charge in [0.2, 0.25) is 0 Å². The lowest BCUT2D eigenvalue weighted by molar-refractivity contribution is -0.141. The standard InChI is InChI=1S/C11H16O2/c1-4-6-7-8-10(5-2)9(3)11(12)13/h4-10H,2H2,1,3H3,(H,12,13)/b6-4+,8-7+/t9-,10-/m0/s1. The maximum Gasteiger partial charge on any atom is 0.307 e. The van der Waals surface area contributed by atoms with Crippen LogP contribution in [0.2, 0.25) is 0 Å². The molecule has 0 rings (SSSR count). The van der Waals surface area contributed by atoms with Crippen molar-refractivity contribution in [2.24, 2.45) is 11.8 Å². The van der Waals surface area contributed by atoms with Crippen molar-refractivity contribution in [1.29, 1.82) is 0 Å². The minimum Gasteiger partial charge on any atom is -0.481 e. The zero-order valence-electron chi connectivity index (χ0n) is 8.10. The van der Waals surface area contributed by atoms with Gasteiger partial charge in [0.15, 0.2) is 0 Å².